The molecule has 0 aliphatic carbocycles. The van der Waals surface area contributed by atoms with Gasteiger partial charge < -0.3 is 5.32 Å². The number of hydrogen-bond donors (Lipinski definition) is 1. The Labute approximate surface area is 122 Å². The van der Waals surface area contributed by atoms with Crippen LogP contribution in [0, 0.1) is 27.7 Å². The highest BCUT2D eigenvalue weighted by Gasteiger charge is 2.13. The van der Waals surface area contributed by atoms with Gasteiger partial charge in [0, 0.05) is 12.6 Å². The van der Waals surface area contributed by atoms with Crippen molar-refractivity contribution in [3.8, 4) is 0 Å². The zero-order valence-corrected chi connectivity index (χ0v) is 13.4. The van der Waals surface area contributed by atoms with E-state index in [2.05, 4.69) is 74.8 Å². The van der Waals surface area contributed by atoms with E-state index in [1.807, 2.05) is 0 Å². The van der Waals surface area contributed by atoms with Gasteiger partial charge in [-0.2, -0.15) is 5.10 Å². The van der Waals surface area contributed by atoms with E-state index in [9.17, 15) is 0 Å². The first-order valence-corrected chi connectivity index (χ1v) is 7.26. The molecule has 3 heteroatoms. The Morgan fingerprint density at radius 2 is 1.85 bits per heavy atom. The Hall–Kier alpha value is -1.77. The van der Waals surface area contributed by atoms with Gasteiger partial charge in [0.05, 0.1) is 17.1 Å². The van der Waals surface area contributed by atoms with Crippen molar-refractivity contribution in [2.75, 3.05) is 5.32 Å². The molecule has 0 unspecified atom stereocenters. The highest BCUT2D eigenvalue weighted by atomic mass is 15.3. The van der Waals surface area contributed by atoms with Crippen LogP contribution < -0.4 is 5.32 Å². The number of aryl methyl sites for hydroxylation is 2. The fraction of sp³-hybridized carbons (Fsp3) is 0.471. The Morgan fingerprint density at radius 3 is 2.45 bits per heavy atom. The number of benzene rings is 1. The van der Waals surface area contributed by atoms with Crippen molar-refractivity contribution in [3.63, 3.8) is 0 Å². The number of nitrogens with zero attached hydrogens (tertiary/aromatic N) is 2. The number of nitrogens with one attached hydrogen (secondary N) is 1. The molecule has 0 aliphatic heterocycles. The highest BCUT2D eigenvalue weighted by molar-refractivity contribution is 5.53. The molecule has 1 aromatic heterocycles. The van der Waals surface area contributed by atoms with Crippen LogP contribution in [0.2, 0.25) is 0 Å². The van der Waals surface area contributed by atoms with Gasteiger partial charge in [-0.25, -0.2) is 0 Å². The van der Waals surface area contributed by atoms with Crippen molar-refractivity contribution in [2.45, 2.75) is 54.1 Å². The van der Waals surface area contributed by atoms with Crippen LogP contribution in [0.3, 0.4) is 0 Å². The van der Waals surface area contributed by atoms with Crippen molar-refractivity contribution < 1.29 is 0 Å². The van der Waals surface area contributed by atoms with Crippen LogP contribution in [0.1, 0.15) is 48.0 Å². The summed E-state index contributed by atoms with van der Waals surface area (Å²) in [5.74, 6) is 0. The summed E-state index contributed by atoms with van der Waals surface area (Å²) in [6.07, 6.45) is 0. The molecule has 1 aromatic carbocycles. The normalized spacial score (nSPS) is 11.2. The molecule has 108 valence electrons. The minimum absolute atomic E-state index is 0.393. The molecule has 0 amide bonds. The Kier molecular flexibility index (Phi) is 4.17. The van der Waals surface area contributed by atoms with Crippen LogP contribution in [0.15, 0.2) is 18.2 Å². The standard InChI is InChI=1S/C17H25N3/c1-11(2)20-15(6)17(14(5)19-20)18-10-16-9-7-8-12(3)13(16)4/h7-9,11,18H,10H2,1-6H3. The second-order valence-corrected chi connectivity index (χ2v) is 5.80. The van der Waals surface area contributed by atoms with E-state index in [1.54, 1.807) is 0 Å². The minimum Gasteiger partial charge on any atom is -0.378 e. The highest BCUT2D eigenvalue weighted by Crippen LogP contribution is 2.23. The van der Waals surface area contributed by atoms with E-state index in [1.165, 1.54) is 28.1 Å². The minimum atomic E-state index is 0.393. The molecule has 0 saturated carbocycles. The fourth-order valence-electron chi connectivity index (χ4n) is 2.61. The van der Waals surface area contributed by atoms with Gasteiger partial charge in [-0.1, -0.05) is 18.2 Å². The SMILES string of the molecule is Cc1cccc(CNc2c(C)nn(C(C)C)c2C)c1C. The lowest BCUT2D eigenvalue weighted by atomic mass is 10.0. The molecule has 0 spiro atoms. The van der Waals surface area contributed by atoms with Gasteiger partial charge in [-0.3, -0.25) is 4.68 Å². The van der Waals surface area contributed by atoms with Crippen LogP contribution in [0.5, 0.6) is 0 Å². The van der Waals surface area contributed by atoms with E-state index in [0.29, 0.717) is 6.04 Å². The first-order valence-electron chi connectivity index (χ1n) is 7.26. The number of rotatable bonds is 4. The summed E-state index contributed by atoms with van der Waals surface area (Å²) in [5, 5.41) is 8.17. The lowest BCUT2D eigenvalue weighted by Crippen LogP contribution is -2.06. The average Bonchev–Trinajstić information content (AvgIpc) is 2.67. The predicted molar refractivity (Wildman–Crippen MR) is 85.3 cm³/mol. The third-order valence-electron chi connectivity index (χ3n) is 3.99. The molecule has 0 atom stereocenters. The van der Waals surface area contributed by atoms with Crippen molar-refractivity contribution in [3.05, 3.63) is 46.3 Å². The lowest BCUT2D eigenvalue weighted by molar-refractivity contribution is 0.516. The van der Waals surface area contributed by atoms with E-state index in [-0.39, 0.29) is 0 Å². The van der Waals surface area contributed by atoms with Gasteiger partial charge in [-0.05, 0) is 58.2 Å². The summed E-state index contributed by atoms with van der Waals surface area (Å²) in [6.45, 7) is 13.7. The molecule has 1 N–H and O–H groups in total. The topological polar surface area (TPSA) is 29.9 Å². The number of hydrogen-bond acceptors (Lipinski definition) is 2. The first kappa shape index (κ1) is 14.6. The van der Waals surface area contributed by atoms with Gasteiger partial charge in [0.1, 0.15) is 0 Å². The largest absolute Gasteiger partial charge is 0.378 e. The molecule has 3 nitrogen and oxygen atoms in total. The Morgan fingerprint density at radius 1 is 1.15 bits per heavy atom. The van der Waals surface area contributed by atoms with Crippen LogP contribution >= 0.6 is 0 Å². The maximum atomic E-state index is 4.62. The van der Waals surface area contributed by atoms with Crippen molar-refractivity contribution >= 4 is 5.69 Å². The monoisotopic (exact) mass is 271 g/mol. The second-order valence-electron chi connectivity index (χ2n) is 5.80. The molecule has 20 heavy (non-hydrogen) atoms. The number of anilines is 1. The predicted octanol–water partition coefficient (Wildman–Crippen LogP) is 4.31. The van der Waals surface area contributed by atoms with Gasteiger partial charge in [-0.15, -0.1) is 0 Å². The second kappa shape index (κ2) is 5.70. The quantitative estimate of drug-likeness (QED) is 0.898. The summed E-state index contributed by atoms with van der Waals surface area (Å²) in [7, 11) is 0. The lowest BCUT2D eigenvalue weighted by Gasteiger charge is -2.12. The summed E-state index contributed by atoms with van der Waals surface area (Å²) >= 11 is 0. The van der Waals surface area contributed by atoms with Crippen molar-refractivity contribution in [1.82, 2.24) is 9.78 Å². The molecule has 2 rings (SSSR count). The van der Waals surface area contributed by atoms with Crippen LogP contribution in [0.25, 0.3) is 0 Å². The third-order valence-corrected chi connectivity index (χ3v) is 3.99. The zero-order chi connectivity index (χ0) is 14.9. The molecular weight excluding hydrogens is 246 g/mol. The Bertz CT molecular complexity index is 609. The van der Waals surface area contributed by atoms with Crippen LogP contribution in [-0.2, 0) is 6.54 Å². The zero-order valence-electron chi connectivity index (χ0n) is 13.4. The summed E-state index contributed by atoms with van der Waals surface area (Å²) < 4.78 is 2.08. The van der Waals surface area contributed by atoms with Crippen molar-refractivity contribution in [2.24, 2.45) is 0 Å². The van der Waals surface area contributed by atoms with Crippen LogP contribution in [0.4, 0.5) is 5.69 Å². The summed E-state index contributed by atoms with van der Waals surface area (Å²) in [6, 6.07) is 6.86. The van der Waals surface area contributed by atoms with Gasteiger partial charge >= 0.3 is 0 Å². The molecule has 0 bridgehead atoms. The van der Waals surface area contributed by atoms with E-state index >= 15 is 0 Å². The van der Waals surface area contributed by atoms with E-state index in [0.717, 1.165) is 12.2 Å². The summed E-state index contributed by atoms with van der Waals surface area (Å²) in [5.41, 5.74) is 7.51. The molecular formula is C17H25N3. The smallest absolute Gasteiger partial charge is 0.0828 e. The molecule has 0 saturated heterocycles. The molecule has 2 aromatic rings. The maximum Gasteiger partial charge on any atom is 0.0828 e. The average molecular weight is 271 g/mol. The van der Waals surface area contributed by atoms with Crippen molar-refractivity contribution in [1.29, 1.82) is 0 Å². The van der Waals surface area contributed by atoms with Crippen LogP contribution in [-0.4, -0.2) is 9.78 Å². The van der Waals surface area contributed by atoms with E-state index < -0.39 is 0 Å². The molecule has 0 fully saturated rings. The van der Waals surface area contributed by atoms with Gasteiger partial charge in [0.2, 0.25) is 0 Å². The molecule has 0 aliphatic rings. The van der Waals surface area contributed by atoms with E-state index in [4.69, 9.17) is 0 Å². The maximum absolute atomic E-state index is 4.62. The fourth-order valence-corrected chi connectivity index (χ4v) is 2.61. The third kappa shape index (κ3) is 2.72. The van der Waals surface area contributed by atoms with Gasteiger partial charge in [0.25, 0.3) is 0 Å². The Balaban J connectivity index is 2.21. The first-order chi connectivity index (χ1) is 9.41. The molecule has 1 heterocycles. The summed E-state index contributed by atoms with van der Waals surface area (Å²) in [4.78, 5) is 0. The number of aromatic nitrogens is 2. The van der Waals surface area contributed by atoms with Gasteiger partial charge in [0.15, 0.2) is 0 Å². The molecule has 0 radical (unpaired) electrons.